The molecular weight excluding hydrogens is 341 g/mol. The summed E-state index contributed by atoms with van der Waals surface area (Å²) in [7, 11) is 3.10. The van der Waals surface area contributed by atoms with Crippen LogP contribution in [0, 0.1) is 5.82 Å². The molecule has 3 rings (SSSR count). The zero-order valence-corrected chi connectivity index (χ0v) is 14.2. The topological polar surface area (TPSA) is 70.8 Å². The third-order valence-electron chi connectivity index (χ3n) is 3.66. The van der Waals surface area contributed by atoms with Crippen LogP contribution in [0.2, 0.25) is 0 Å². The number of aromatic nitrogens is 1. The number of esters is 1. The van der Waals surface area contributed by atoms with Gasteiger partial charge < -0.3 is 18.7 Å². The van der Waals surface area contributed by atoms with Crippen molar-refractivity contribution in [1.29, 1.82) is 0 Å². The Morgan fingerprint density at radius 1 is 1.04 bits per heavy atom. The van der Waals surface area contributed by atoms with Gasteiger partial charge in [-0.25, -0.2) is 9.18 Å². The van der Waals surface area contributed by atoms with Crippen LogP contribution in [-0.4, -0.2) is 25.3 Å². The molecule has 26 heavy (non-hydrogen) atoms. The van der Waals surface area contributed by atoms with E-state index in [1.54, 1.807) is 38.5 Å². The molecule has 0 amide bonds. The fourth-order valence-electron chi connectivity index (χ4n) is 2.31. The molecule has 0 unspecified atom stereocenters. The molecule has 2 aromatic carbocycles. The smallest absolute Gasteiger partial charge is 0.338 e. The van der Waals surface area contributed by atoms with Crippen LogP contribution >= 0.6 is 0 Å². The fraction of sp³-hybridized carbons (Fsp3) is 0.158. The lowest BCUT2D eigenvalue weighted by Gasteiger charge is -2.07. The Kier molecular flexibility index (Phi) is 5.17. The maximum absolute atomic E-state index is 12.9. The summed E-state index contributed by atoms with van der Waals surface area (Å²) < 4.78 is 33.8. The van der Waals surface area contributed by atoms with Crippen LogP contribution in [0.5, 0.6) is 11.5 Å². The molecule has 6 nitrogen and oxygen atoms in total. The van der Waals surface area contributed by atoms with E-state index in [-0.39, 0.29) is 12.2 Å². The Morgan fingerprint density at radius 3 is 2.46 bits per heavy atom. The normalized spacial score (nSPS) is 10.4. The summed E-state index contributed by atoms with van der Waals surface area (Å²) in [5.74, 6) is 0.673. The highest BCUT2D eigenvalue weighted by molar-refractivity contribution is 5.89. The summed E-state index contributed by atoms with van der Waals surface area (Å²) in [5, 5.41) is 3.89. The lowest BCUT2D eigenvalue weighted by atomic mass is 10.1. The molecule has 0 fully saturated rings. The number of hydrogen-bond donors (Lipinski definition) is 0. The zero-order chi connectivity index (χ0) is 18.5. The lowest BCUT2D eigenvalue weighted by molar-refractivity contribution is 0.0464. The largest absolute Gasteiger partial charge is 0.493 e. The van der Waals surface area contributed by atoms with Crippen molar-refractivity contribution >= 4 is 5.97 Å². The molecule has 0 bridgehead atoms. The van der Waals surface area contributed by atoms with Crippen LogP contribution in [0.15, 0.2) is 53.1 Å². The molecule has 0 N–H and O–H groups in total. The summed E-state index contributed by atoms with van der Waals surface area (Å²) in [6.07, 6.45) is 0. The van der Waals surface area contributed by atoms with Gasteiger partial charge in [-0.1, -0.05) is 5.16 Å². The van der Waals surface area contributed by atoms with E-state index in [1.807, 2.05) is 0 Å². The highest BCUT2D eigenvalue weighted by atomic mass is 19.1. The van der Waals surface area contributed by atoms with Gasteiger partial charge >= 0.3 is 5.97 Å². The Balaban J connectivity index is 1.68. The van der Waals surface area contributed by atoms with Gasteiger partial charge in [0, 0.05) is 11.6 Å². The van der Waals surface area contributed by atoms with Gasteiger partial charge in [0.05, 0.1) is 19.8 Å². The molecule has 0 radical (unpaired) electrons. The molecule has 1 aromatic heterocycles. The molecule has 1 heterocycles. The van der Waals surface area contributed by atoms with Crippen molar-refractivity contribution in [1.82, 2.24) is 5.16 Å². The molecule has 0 atom stereocenters. The number of hydrogen-bond acceptors (Lipinski definition) is 6. The predicted molar refractivity (Wildman–Crippen MR) is 90.6 cm³/mol. The third-order valence-corrected chi connectivity index (χ3v) is 3.66. The molecule has 0 saturated heterocycles. The zero-order valence-electron chi connectivity index (χ0n) is 14.2. The van der Waals surface area contributed by atoms with E-state index in [1.165, 1.54) is 24.3 Å². The third kappa shape index (κ3) is 3.83. The van der Waals surface area contributed by atoms with E-state index >= 15 is 0 Å². The number of methoxy groups -OCH3 is 2. The Bertz CT molecular complexity index is 905. The number of halogens is 1. The van der Waals surface area contributed by atoms with Crippen molar-refractivity contribution < 1.29 is 27.9 Å². The molecule has 134 valence electrons. The lowest BCUT2D eigenvalue weighted by Crippen LogP contribution is -2.05. The van der Waals surface area contributed by atoms with Crippen molar-refractivity contribution in [2.45, 2.75) is 6.61 Å². The molecule has 0 aliphatic rings. The van der Waals surface area contributed by atoms with Gasteiger partial charge in [-0.3, -0.25) is 0 Å². The first-order valence-electron chi connectivity index (χ1n) is 7.71. The van der Waals surface area contributed by atoms with E-state index in [0.29, 0.717) is 23.0 Å². The first-order valence-corrected chi connectivity index (χ1v) is 7.71. The van der Waals surface area contributed by atoms with Gasteiger partial charge in [0.2, 0.25) is 0 Å². The second-order valence-electron chi connectivity index (χ2n) is 5.34. The summed E-state index contributed by atoms with van der Waals surface area (Å²) in [5.41, 5.74) is 1.45. The molecule has 7 heteroatoms. The second kappa shape index (κ2) is 7.69. The van der Waals surface area contributed by atoms with E-state index in [0.717, 1.165) is 5.56 Å². The highest BCUT2D eigenvalue weighted by Gasteiger charge is 2.13. The van der Waals surface area contributed by atoms with Crippen LogP contribution in [0.1, 0.15) is 16.1 Å². The van der Waals surface area contributed by atoms with Gasteiger partial charge in [-0.15, -0.1) is 0 Å². The number of benzene rings is 2. The Morgan fingerprint density at radius 2 is 1.77 bits per heavy atom. The minimum Gasteiger partial charge on any atom is -0.493 e. The van der Waals surface area contributed by atoms with Crippen LogP contribution in [-0.2, 0) is 11.3 Å². The quantitative estimate of drug-likeness (QED) is 0.624. The molecule has 0 aliphatic carbocycles. The van der Waals surface area contributed by atoms with Crippen molar-refractivity contribution in [2.75, 3.05) is 14.2 Å². The molecule has 0 aliphatic heterocycles. The SMILES string of the molecule is COc1ccc(-c2cc(COC(=O)c3ccc(F)cc3)no2)cc1OC. The minimum atomic E-state index is -0.569. The Hall–Kier alpha value is -3.35. The number of carbonyl (C=O) groups excluding carboxylic acids is 1. The van der Waals surface area contributed by atoms with Gasteiger partial charge in [0.25, 0.3) is 0 Å². The summed E-state index contributed by atoms with van der Waals surface area (Å²) in [4.78, 5) is 11.9. The van der Waals surface area contributed by atoms with E-state index in [4.69, 9.17) is 18.7 Å². The minimum absolute atomic E-state index is 0.0625. The second-order valence-corrected chi connectivity index (χ2v) is 5.34. The van der Waals surface area contributed by atoms with Crippen LogP contribution in [0.4, 0.5) is 4.39 Å². The maximum Gasteiger partial charge on any atom is 0.338 e. The van der Waals surface area contributed by atoms with Crippen molar-refractivity contribution in [3.63, 3.8) is 0 Å². The summed E-state index contributed by atoms with van der Waals surface area (Å²) in [6.45, 7) is -0.0625. The van der Waals surface area contributed by atoms with Gasteiger partial charge in [0.1, 0.15) is 18.1 Å². The summed E-state index contributed by atoms with van der Waals surface area (Å²) in [6, 6.07) is 12.1. The van der Waals surface area contributed by atoms with Crippen molar-refractivity contribution in [3.05, 3.63) is 65.6 Å². The fourth-order valence-corrected chi connectivity index (χ4v) is 2.31. The van der Waals surface area contributed by atoms with E-state index in [2.05, 4.69) is 5.16 Å². The average molecular weight is 357 g/mol. The van der Waals surface area contributed by atoms with Crippen LogP contribution in [0.25, 0.3) is 11.3 Å². The summed E-state index contributed by atoms with van der Waals surface area (Å²) >= 11 is 0. The van der Waals surface area contributed by atoms with Crippen molar-refractivity contribution in [3.8, 4) is 22.8 Å². The predicted octanol–water partition coefficient (Wildman–Crippen LogP) is 3.85. The van der Waals surface area contributed by atoms with Crippen LogP contribution < -0.4 is 9.47 Å². The number of nitrogens with zero attached hydrogens (tertiary/aromatic N) is 1. The molecular formula is C19H16FNO5. The molecule has 0 spiro atoms. The molecule has 0 saturated carbocycles. The first kappa shape index (κ1) is 17.5. The van der Waals surface area contributed by atoms with E-state index in [9.17, 15) is 9.18 Å². The van der Waals surface area contributed by atoms with Gasteiger partial charge in [-0.05, 0) is 42.5 Å². The average Bonchev–Trinajstić information content (AvgIpc) is 3.15. The monoisotopic (exact) mass is 357 g/mol. The number of ether oxygens (including phenoxy) is 3. The van der Waals surface area contributed by atoms with E-state index < -0.39 is 11.8 Å². The Labute approximate surface area is 149 Å². The van der Waals surface area contributed by atoms with Gasteiger partial charge in [0.15, 0.2) is 17.3 Å². The standard InChI is InChI=1S/C19H16FNO5/c1-23-16-8-5-13(9-18(16)24-2)17-10-15(21-26-17)11-25-19(22)12-3-6-14(20)7-4-12/h3-10H,11H2,1-2H3. The molecule has 3 aromatic rings. The van der Waals surface area contributed by atoms with Gasteiger partial charge in [-0.2, -0.15) is 0 Å². The number of carbonyl (C=O) groups is 1. The maximum atomic E-state index is 12.9. The highest BCUT2D eigenvalue weighted by Crippen LogP contribution is 2.32. The van der Waals surface area contributed by atoms with Crippen molar-refractivity contribution in [2.24, 2.45) is 0 Å². The number of rotatable bonds is 6. The first-order chi connectivity index (χ1) is 12.6. The van der Waals surface area contributed by atoms with Crippen LogP contribution in [0.3, 0.4) is 0 Å².